The second-order valence-electron chi connectivity index (χ2n) is 11.9. The summed E-state index contributed by atoms with van der Waals surface area (Å²) in [5, 5.41) is 26.6. The number of piperazine rings is 1. The lowest BCUT2D eigenvalue weighted by molar-refractivity contribution is 0.146. The number of benzene rings is 3. The van der Waals surface area contributed by atoms with Crippen molar-refractivity contribution in [3.8, 4) is 16.9 Å². The fraction of sp³-hybridized carbons (Fsp3) is 0.419. The molecule has 8 rings (SSSR count). The van der Waals surface area contributed by atoms with E-state index in [0.29, 0.717) is 47.3 Å². The maximum atomic E-state index is 16.6. The summed E-state index contributed by atoms with van der Waals surface area (Å²) >= 11 is 0. The molecule has 0 aliphatic carbocycles. The number of aromatic nitrogens is 2. The van der Waals surface area contributed by atoms with Gasteiger partial charge >= 0.3 is 0 Å². The summed E-state index contributed by atoms with van der Waals surface area (Å²) in [5.41, 5.74) is 1.38. The number of β-amino-alcohol motifs (C(OH)–C–C–N with tert-alkyl or cyclic N) is 1. The molecule has 4 aliphatic rings. The SMILES string of the molecule is Oc1cc(-c2ccc3c(N4C[C@H]5CC[C@@H](C4)N5)nc(N4CC(N5CCC(O)C5)C4)nc3c2F)c2ccccc2c1. The van der Waals surface area contributed by atoms with Crippen molar-refractivity contribution >= 4 is 33.4 Å². The number of hydrogen-bond donors (Lipinski definition) is 3. The number of aliphatic hydroxyl groups excluding tert-OH is 1. The Morgan fingerprint density at radius 3 is 2.40 bits per heavy atom. The summed E-state index contributed by atoms with van der Waals surface area (Å²) in [6.45, 7) is 4.84. The first-order valence-electron chi connectivity index (χ1n) is 14.4. The van der Waals surface area contributed by atoms with Crippen LogP contribution in [0.3, 0.4) is 0 Å². The molecule has 0 amide bonds. The number of nitrogens with zero attached hydrogens (tertiary/aromatic N) is 5. The zero-order valence-electron chi connectivity index (χ0n) is 22.3. The molecular formula is C31H33FN6O2. The van der Waals surface area contributed by atoms with Gasteiger partial charge in [-0.25, -0.2) is 9.37 Å². The average Bonchev–Trinajstić information content (AvgIpc) is 3.51. The van der Waals surface area contributed by atoms with Gasteiger partial charge < -0.3 is 25.3 Å². The van der Waals surface area contributed by atoms with Gasteiger partial charge in [-0.1, -0.05) is 30.3 Å². The number of phenolic OH excluding ortho intramolecular Hbond substituents is 1. The number of aromatic hydroxyl groups is 1. The Hall–Kier alpha value is -3.53. The van der Waals surface area contributed by atoms with Gasteiger partial charge in [-0.15, -0.1) is 0 Å². The molecule has 1 unspecified atom stereocenters. The normalized spacial score (nSPS) is 25.3. The lowest BCUT2D eigenvalue weighted by atomic mass is 9.96. The van der Waals surface area contributed by atoms with Gasteiger partial charge in [-0.05, 0) is 53.8 Å². The molecule has 9 heteroatoms. The predicted octanol–water partition coefficient (Wildman–Crippen LogP) is 3.49. The number of halogens is 1. The highest BCUT2D eigenvalue weighted by molar-refractivity contribution is 6.01. The van der Waals surface area contributed by atoms with Gasteiger partial charge in [0.25, 0.3) is 0 Å². The molecule has 40 heavy (non-hydrogen) atoms. The summed E-state index contributed by atoms with van der Waals surface area (Å²) < 4.78 is 16.6. The van der Waals surface area contributed by atoms with E-state index in [4.69, 9.17) is 9.97 Å². The standard InChI is InChI=1S/C31H33FN6O2/c32-28-25(27-12-23(40)11-18-3-1-2-4-24(18)27)7-8-26-29(28)34-31(38-15-21(16-38)36-10-9-22(39)17-36)35-30(26)37-13-19-5-6-20(14-37)33-19/h1-4,7-8,11-12,19-22,33,39-40H,5-6,9-10,13-17H2/t19-,20+,22?. The average molecular weight is 541 g/mol. The molecule has 0 radical (unpaired) electrons. The van der Waals surface area contributed by atoms with Gasteiger partial charge in [0.15, 0.2) is 5.82 Å². The van der Waals surface area contributed by atoms with Gasteiger partial charge in [0, 0.05) is 68.3 Å². The molecule has 3 atom stereocenters. The van der Waals surface area contributed by atoms with E-state index >= 15 is 4.39 Å². The van der Waals surface area contributed by atoms with Crippen LogP contribution in [0.1, 0.15) is 19.3 Å². The van der Waals surface area contributed by atoms with Crippen LogP contribution >= 0.6 is 0 Å². The van der Waals surface area contributed by atoms with E-state index in [9.17, 15) is 10.2 Å². The Morgan fingerprint density at radius 1 is 0.825 bits per heavy atom. The highest BCUT2D eigenvalue weighted by Crippen LogP contribution is 2.39. The van der Waals surface area contributed by atoms with Crippen LogP contribution in [0.25, 0.3) is 32.8 Å². The second-order valence-corrected chi connectivity index (χ2v) is 11.9. The molecule has 4 fully saturated rings. The predicted molar refractivity (Wildman–Crippen MR) is 154 cm³/mol. The minimum absolute atomic E-state index is 0.104. The Kier molecular flexibility index (Phi) is 5.62. The van der Waals surface area contributed by atoms with Crippen LogP contribution in [0.2, 0.25) is 0 Å². The zero-order chi connectivity index (χ0) is 27.0. The Balaban J connectivity index is 1.23. The monoisotopic (exact) mass is 540 g/mol. The maximum absolute atomic E-state index is 16.6. The third-order valence-corrected chi connectivity index (χ3v) is 9.28. The number of likely N-dealkylation sites (tertiary alicyclic amines) is 1. The van der Waals surface area contributed by atoms with Crippen LogP contribution in [-0.4, -0.2) is 88.6 Å². The molecule has 206 valence electrons. The summed E-state index contributed by atoms with van der Waals surface area (Å²) in [5.74, 6) is 1.06. The fourth-order valence-corrected chi connectivity index (χ4v) is 7.16. The number of nitrogens with one attached hydrogen (secondary N) is 1. The Morgan fingerprint density at radius 2 is 1.62 bits per heavy atom. The van der Waals surface area contributed by atoms with E-state index in [1.165, 1.54) is 0 Å². The molecule has 5 heterocycles. The van der Waals surface area contributed by atoms with Crippen LogP contribution < -0.4 is 15.1 Å². The quantitative estimate of drug-likeness (QED) is 0.363. The molecule has 8 nitrogen and oxygen atoms in total. The van der Waals surface area contributed by atoms with E-state index < -0.39 is 5.82 Å². The minimum atomic E-state index is -0.393. The summed E-state index contributed by atoms with van der Waals surface area (Å²) in [6.07, 6.45) is 2.86. The number of rotatable bonds is 4. The van der Waals surface area contributed by atoms with Crippen LogP contribution in [0.5, 0.6) is 5.75 Å². The first-order chi connectivity index (χ1) is 19.5. The van der Waals surface area contributed by atoms with Gasteiger partial charge in [0.05, 0.1) is 6.10 Å². The maximum Gasteiger partial charge on any atom is 0.228 e. The third-order valence-electron chi connectivity index (χ3n) is 9.28. The topological polar surface area (TPSA) is 88.0 Å². The molecule has 4 aliphatic heterocycles. The van der Waals surface area contributed by atoms with Crippen LogP contribution in [0, 0.1) is 5.82 Å². The first kappa shape index (κ1) is 24.3. The second kappa shape index (κ2) is 9.26. The van der Waals surface area contributed by atoms with Crippen molar-refractivity contribution in [3.05, 3.63) is 54.3 Å². The molecule has 3 N–H and O–H groups in total. The molecular weight excluding hydrogens is 507 g/mol. The van der Waals surface area contributed by atoms with E-state index in [1.807, 2.05) is 30.3 Å². The fourth-order valence-electron chi connectivity index (χ4n) is 7.16. The highest BCUT2D eigenvalue weighted by atomic mass is 19.1. The van der Waals surface area contributed by atoms with Crippen LogP contribution in [0.15, 0.2) is 48.5 Å². The van der Waals surface area contributed by atoms with Crippen molar-refractivity contribution in [3.63, 3.8) is 0 Å². The lowest BCUT2D eigenvalue weighted by Crippen LogP contribution is -2.59. The summed E-state index contributed by atoms with van der Waals surface area (Å²) in [6, 6.07) is 16.0. The van der Waals surface area contributed by atoms with Crippen molar-refractivity contribution in [2.75, 3.05) is 49.1 Å². The molecule has 0 spiro atoms. The summed E-state index contributed by atoms with van der Waals surface area (Å²) in [7, 11) is 0. The Bertz CT molecular complexity index is 1610. The number of phenols is 1. The molecule has 2 bridgehead atoms. The van der Waals surface area contributed by atoms with Crippen molar-refractivity contribution in [1.82, 2.24) is 20.2 Å². The highest BCUT2D eigenvalue weighted by Gasteiger charge is 2.38. The van der Waals surface area contributed by atoms with Gasteiger partial charge in [-0.2, -0.15) is 4.98 Å². The largest absolute Gasteiger partial charge is 0.508 e. The zero-order valence-corrected chi connectivity index (χ0v) is 22.3. The van der Waals surface area contributed by atoms with E-state index in [-0.39, 0.29) is 11.9 Å². The van der Waals surface area contributed by atoms with Crippen molar-refractivity contribution in [2.45, 2.75) is 43.5 Å². The van der Waals surface area contributed by atoms with E-state index in [1.54, 1.807) is 18.2 Å². The van der Waals surface area contributed by atoms with Gasteiger partial charge in [0.1, 0.15) is 17.1 Å². The first-order valence-corrected chi connectivity index (χ1v) is 14.4. The number of hydrogen-bond acceptors (Lipinski definition) is 8. The van der Waals surface area contributed by atoms with E-state index in [0.717, 1.165) is 74.0 Å². The third kappa shape index (κ3) is 3.98. The molecule has 4 saturated heterocycles. The van der Waals surface area contributed by atoms with Gasteiger partial charge in [0.2, 0.25) is 5.95 Å². The summed E-state index contributed by atoms with van der Waals surface area (Å²) in [4.78, 5) is 16.7. The smallest absolute Gasteiger partial charge is 0.228 e. The molecule has 1 aromatic heterocycles. The number of fused-ring (bicyclic) bond motifs is 4. The lowest BCUT2D eigenvalue weighted by Gasteiger charge is -2.44. The molecule has 4 aromatic rings. The number of aliphatic hydroxyl groups is 1. The Labute approximate surface area is 232 Å². The minimum Gasteiger partial charge on any atom is -0.508 e. The van der Waals surface area contributed by atoms with Crippen LogP contribution in [0.4, 0.5) is 16.2 Å². The van der Waals surface area contributed by atoms with Crippen molar-refractivity contribution in [1.29, 1.82) is 0 Å². The van der Waals surface area contributed by atoms with Gasteiger partial charge in [-0.3, -0.25) is 4.90 Å². The molecule has 3 aromatic carbocycles. The van der Waals surface area contributed by atoms with Crippen LogP contribution in [-0.2, 0) is 0 Å². The van der Waals surface area contributed by atoms with E-state index in [2.05, 4.69) is 20.0 Å². The van der Waals surface area contributed by atoms with Crippen molar-refractivity contribution in [2.24, 2.45) is 0 Å². The number of anilines is 2. The van der Waals surface area contributed by atoms with Crippen molar-refractivity contribution < 1.29 is 14.6 Å². The molecule has 0 saturated carbocycles.